The lowest BCUT2D eigenvalue weighted by molar-refractivity contribution is 0.620. The summed E-state index contributed by atoms with van der Waals surface area (Å²) in [5, 5.41) is 10.2. The van der Waals surface area contributed by atoms with Gasteiger partial charge in [0.2, 0.25) is 0 Å². The van der Waals surface area contributed by atoms with E-state index in [-0.39, 0.29) is 12.1 Å². The monoisotopic (exact) mass is 318 g/mol. The van der Waals surface area contributed by atoms with Gasteiger partial charge in [0.25, 0.3) is 5.56 Å². The van der Waals surface area contributed by atoms with Crippen LogP contribution in [0.1, 0.15) is 23.5 Å². The van der Waals surface area contributed by atoms with Gasteiger partial charge in [-0.2, -0.15) is 5.10 Å². The van der Waals surface area contributed by atoms with Crippen molar-refractivity contribution in [1.29, 1.82) is 0 Å². The van der Waals surface area contributed by atoms with Gasteiger partial charge in [0.05, 0.1) is 11.6 Å². The molecule has 0 saturated heterocycles. The smallest absolute Gasteiger partial charge is 0.267 e. The molecule has 118 valence electrons. The second-order valence-electron chi connectivity index (χ2n) is 6.01. The molecule has 3 aromatic heterocycles. The van der Waals surface area contributed by atoms with E-state index in [4.69, 9.17) is 0 Å². The molecule has 3 heterocycles. The molecule has 0 amide bonds. The van der Waals surface area contributed by atoms with Gasteiger partial charge in [0.15, 0.2) is 11.5 Å². The minimum atomic E-state index is -0.129. The number of nitrogens with zero attached hydrogens (tertiary/aromatic N) is 6. The Balaban J connectivity index is 1.60. The summed E-state index contributed by atoms with van der Waals surface area (Å²) < 4.78 is 3.11. The third-order valence-electron chi connectivity index (χ3n) is 4.51. The highest BCUT2D eigenvalue weighted by Gasteiger charge is 2.18. The number of aromatic nitrogens is 6. The van der Waals surface area contributed by atoms with Crippen molar-refractivity contribution in [3.05, 3.63) is 64.2 Å². The minimum absolute atomic E-state index is 0.129. The van der Waals surface area contributed by atoms with E-state index in [9.17, 15) is 4.79 Å². The van der Waals surface area contributed by atoms with Crippen molar-refractivity contribution in [2.75, 3.05) is 0 Å². The lowest BCUT2D eigenvalue weighted by atomic mass is 10.2. The number of fused-ring (bicyclic) bond motifs is 4. The first-order valence-corrected chi connectivity index (χ1v) is 7.96. The van der Waals surface area contributed by atoms with Crippen LogP contribution in [0.4, 0.5) is 0 Å². The first-order chi connectivity index (χ1) is 11.8. The summed E-state index contributed by atoms with van der Waals surface area (Å²) in [6.45, 7) is 0.250. The molecule has 7 nitrogen and oxygen atoms in total. The van der Waals surface area contributed by atoms with Crippen LogP contribution in [0, 0.1) is 0 Å². The maximum atomic E-state index is 12.6. The highest BCUT2D eigenvalue weighted by atomic mass is 16.1. The lowest BCUT2D eigenvalue weighted by Gasteiger charge is -2.02. The van der Waals surface area contributed by atoms with Gasteiger partial charge in [-0.3, -0.25) is 4.79 Å². The Hall–Kier alpha value is -3.09. The van der Waals surface area contributed by atoms with Crippen molar-refractivity contribution >= 4 is 16.4 Å². The molecule has 5 rings (SSSR count). The number of benzene rings is 1. The van der Waals surface area contributed by atoms with E-state index in [1.807, 2.05) is 24.3 Å². The molecule has 0 N–H and O–H groups in total. The van der Waals surface area contributed by atoms with Gasteiger partial charge in [-0.05, 0) is 25.3 Å². The normalized spacial score (nSPS) is 13.7. The van der Waals surface area contributed by atoms with Gasteiger partial charge < -0.3 is 0 Å². The summed E-state index contributed by atoms with van der Waals surface area (Å²) in [4.78, 5) is 21.6. The molecule has 0 unspecified atom stereocenters. The van der Waals surface area contributed by atoms with E-state index in [0.717, 1.165) is 36.0 Å². The SMILES string of the molecule is O=c1c2ccccc2cnn1Cc1nc2c3c(ncn2n1)CCC3. The molecule has 0 bridgehead atoms. The molecule has 0 spiro atoms. The fraction of sp³-hybridized carbons (Fsp3) is 0.235. The summed E-state index contributed by atoms with van der Waals surface area (Å²) in [7, 11) is 0. The molecule has 1 aromatic carbocycles. The van der Waals surface area contributed by atoms with Gasteiger partial charge in [0.1, 0.15) is 12.9 Å². The number of hydrogen-bond donors (Lipinski definition) is 0. The van der Waals surface area contributed by atoms with Crippen molar-refractivity contribution in [2.45, 2.75) is 25.8 Å². The Kier molecular flexibility index (Phi) is 2.76. The van der Waals surface area contributed by atoms with E-state index >= 15 is 0 Å². The third kappa shape index (κ3) is 1.94. The fourth-order valence-corrected chi connectivity index (χ4v) is 3.33. The van der Waals surface area contributed by atoms with Crippen molar-refractivity contribution in [3.8, 4) is 0 Å². The average Bonchev–Trinajstić information content (AvgIpc) is 3.23. The van der Waals surface area contributed by atoms with Gasteiger partial charge in [-0.25, -0.2) is 19.2 Å². The Morgan fingerprint density at radius 2 is 2.08 bits per heavy atom. The first kappa shape index (κ1) is 13.4. The predicted octanol–water partition coefficient (Wildman–Crippen LogP) is 1.37. The van der Waals surface area contributed by atoms with Crippen LogP contribution in [-0.4, -0.2) is 29.4 Å². The molecule has 0 radical (unpaired) electrons. The molecule has 4 aromatic rings. The lowest BCUT2D eigenvalue weighted by Crippen LogP contribution is -2.23. The average molecular weight is 318 g/mol. The van der Waals surface area contributed by atoms with E-state index < -0.39 is 0 Å². The van der Waals surface area contributed by atoms with E-state index in [1.54, 1.807) is 17.0 Å². The maximum Gasteiger partial charge on any atom is 0.275 e. The van der Waals surface area contributed by atoms with Gasteiger partial charge in [-0.15, -0.1) is 5.10 Å². The minimum Gasteiger partial charge on any atom is -0.267 e. The largest absolute Gasteiger partial charge is 0.275 e. The van der Waals surface area contributed by atoms with Crippen LogP contribution >= 0.6 is 0 Å². The molecule has 1 aliphatic carbocycles. The Bertz CT molecular complexity index is 1140. The van der Waals surface area contributed by atoms with E-state index in [2.05, 4.69) is 20.2 Å². The van der Waals surface area contributed by atoms with Crippen molar-refractivity contribution < 1.29 is 0 Å². The zero-order valence-corrected chi connectivity index (χ0v) is 12.9. The molecule has 7 heteroatoms. The van der Waals surface area contributed by atoms with E-state index in [0.29, 0.717) is 11.2 Å². The van der Waals surface area contributed by atoms with Gasteiger partial charge >= 0.3 is 0 Å². The first-order valence-electron chi connectivity index (χ1n) is 7.96. The summed E-state index contributed by atoms with van der Waals surface area (Å²) in [5.74, 6) is 0.571. The maximum absolute atomic E-state index is 12.6. The molecule has 1 aliphatic rings. The number of rotatable bonds is 2. The van der Waals surface area contributed by atoms with Crippen LogP contribution in [-0.2, 0) is 19.4 Å². The highest BCUT2D eigenvalue weighted by molar-refractivity contribution is 5.80. The summed E-state index contributed by atoms with van der Waals surface area (Å²) in [6.07, 6.45) is 6.49. The van der Waals surface area contributed by atoms with E-state index in [1.165, 1.54) is 10.2 Å². The number of hydrogen-bond acceptors (Lipinski definition) is 5. The highest BCUT2D eigenvalue weighted by Crippen LogP contribution is 2.22. The van der Waals surface area contributed by atoms with Crippen LogP contribution in [0.25, 0.3) is 16.4 Å². The fourth-order valence-electron chi connectivity index (χ4n) is 3.33. The Morgan fingerprint density at radius 1 is 1.17 bits per heavy atom. The van der Waals surface area contributed by atoms with Crippen molar-refractivity contribution in [1.82, 2.24) is 29.4 Å². The van der Waals surface area contributed by atoms with Crippen LogP contribution in [0.3, 0.4) is 0 Å². The molecular weight excluding hydrogens is 304 g/mol. The summed E-state index contributed by atoms with van der Waals surface area (Å²) in [6, 6.07) is 7.44. The molecule has 24 heavy (non-hydrogen) atoms. The topological polar surface area (TPSA) is 78.0 Å². The zero-order valence-electron chi connectivity index (χ0n) is 12.9. The second kappa shape index (κ2) is 4.95. The van der Waals surface area contributed by atoms with Gasteiger partial charge in [0, 0.05) is 16.6 Å². The zero-order chi connectivity index (χ0) is 16.1. The Morgan fingerprint density at radius 3 is 3.04 bits per heavy atom. The molecular formula is C17H14N6O. The van der Waals surface area contributed by atoms with Gasteiger partial charge in [-0.1, -0.05) is 18.2 Å². The summed E-state index contributed by atoms with van der Waals surface area (Å²) >= 11 is 0. The standard InChI is InChI=1S/C17H14N6O/c24-17-12-5-2-1-4-11(12)8-19-22(17)9-15-20-16-13-6-3-7-14(13)18-10-23(16)21-15/h1-2,4-5,8,10H,3,6-7,9H2. The van der Waals surface area contributed by atoms with Crippen LogP contribution in [0.2, 0.25) is 0 Å². The van der Waals surface area contributed by atoms with Crippen molar-refractivity contribution in [3.63, 3.8) is 0 Å². The van der Waals surface area contributed by atoms with Crippen LogP contribution < -0.4 is 5.56 Å². The van der Waals surface area contributed by atoms with Crippen molar-refractivity contribution in [2.24, 2.45) is 0 Å². The predicted molar refractivity (Wildman–Crippen MR) is 87.9 cm³/mol. The quantitative estimate of drug-likeness (QED) is 0.558. The molecule has 0 saturated carbocycles. The van der Waals surface area contributed by atoms with Crippen LogP contribution in [0.5, 0.6) is 0 Å². The summed E-state index contributed by atoms with van der Waals surface area (Å²) in [5.41, 5.74) is 3.01. The van der Waals surface area contributed by atoms with Crippen LogP contribution in [0.15, 0.2) is 41.6 Å². The Labute approximate surface area is 136 Å². The third-order valence-corrected chi connectivity index (χ3v) is 4.51. The molecule has 0 fully saturated rings. The molecule has 0 aliphatic heterocycles. The number of aryl methyl sites for hydroxylation is 2. The molecule has 0 atom stereocenters. The second-order valence-corrected chi connectivity index (χ2v) is 6.01.